The zero-order valence-electron chi connectivity index (χ0n) is 11.6. The van der Waals surface area contributed by atoms with Crippen LogP contribution in [0.2, 0.25) is 0 Å². The van der Waals surface area contributed by atoms with Crippen LogP contribution in [-0.4, -0.2) is 33.0 Å². The Balaban J connectivity index is 0.00000400. The van der Waals surface area contributed by atoms with Crippen LogP contribution >= 0.6 is 12.4 Å². The highest BCUT2D eigenvalue weighted by Gasteiger charge is 2.22. The van der Waals surface area contributed by atoms with E-state index < -0.39 is 31.3 Å². The first-order valence-electron chi connectivity index (χ1n) is 5.94. The molecule has 1 rings (SSSR count). The minimum absolute atomic E-state index is 0. The number of benzene rings is 1. The molecule has 0 heterocycles. The van der Waals surface area contributed by atoms with E-state index in [1.165, 1.54) is 6.92 Å². The van der Waals surface area contributed by atoms with Gasteiger partial charge in [0.2, 0.25) is 10.0 Å². The largest absolute Gasteiger partial charge is 0.316 e. The molecule has 0 amide bonds. The molecule has 0 aromatic heterocycles. The fourth-order valence-corrected chi connectivity index (χ4v) is 2.58. The van der Waals surface area contributed by atoms with Crippen LogP contribution in [0.3, 0.4) is 0 Å². The molecule has 0 atom stereocenters. The molecule has 0 saturated carbocycles. The summed E-state index contributed by atoms with van der Waals surface area (Å²) in [5, 5.41) is 13.7. The summed E-state index contributed by atoms with van der Waals surface area (Å²) >= 11 is 0. The Kier molecular flexibility index (Phi) is 7.72. The number of nitro groups is 1. The van der Waals surface area contributed by atoms with E-state index in [1.807, 2.05) is 6.92 Å². The Hall–Kier alpha value is -1.29. The zero-order chi connectivity index (χ0) is 15.3. The Morgan fingerprint density at radius 2 is 1.95 bits per heavy atom. The minimum atomic E-state index is -3.97. The Morgan fingerprint density at radius 1 is 1.33 bits per heavy atom. The van der Waals surface area contributed by atoms with E-state index in [1.54, 1.807) is 0 Å². The molecule has 0 aliphatic carbocycles. The average molecular weight is 342 g/mol. The van der Waals surface area contributed by atoms with Gasteiger partial charge in [0.25, 0.3) is 5.69 Å². The van der Waals surface area contributed by atoms with Gasteiger partial charge >= 0.3 is 0 Å². The zero-order valence-corrected chi connectivity index (χ0v) is 13.2. The minimum Gasteiger partial charge on any atom is -0.316 e. The molecule has 2 N–H and O–H groups in total. The number of likely N-dealkylation sites (N-methyl/N-ethyl adjacent to an activating group) is 1. The summed E-state index contributed by atoms with van der Waals surface area (Å²) in [6.07, 6.45) is 0. The van der Waals surface area contributed by atoms with Gasteiger partial charge in [0.1, 0.15) is 5.82 Å². The van der Waals surface area contributed by atoms with Crippen molar-refractivity contribution in [3.63, 3.8) is 0 Å². The van der Waals surface area contributed by atoms with Crippen LogP contribution in [0.5, 0.6) is 0 Å². The second-order valence-electron chi connectivity index (χ2n) is 4.06. The van der Waals surface area contributed by atoms with Crippen molar-refractivity contribution >= 4 is 28.1 Å². The Labute approximate surface area is 128 Å². The van der Waals surface area contributed by atoms with Gasteiger partial charge in [0.15, 0.2) is 0 Å². The van der Waals surface area contributed by atoms with E-state index in [4.69, 9.17) is 0 Å². The highest BCUT2D eigenvalue weighted by Crippen LogP contribution is 2.25. The summed E-state index contributed by atoms with van der Waals surface area (Å²) in [7, 11) is -3.97. The molecule has 120 valence electrons. The van der Waals surface area contributed by atoms with Crippen molar-refractivity contribution in [2.45, 2.75) is 18.7 Å². The third kappa shape index (κ3) is 5.20. The quantitative estimate of drug-likeness (QED) is 0.443. The topological polar surface area (TPSA) is 101 Å². The van der Waals surface area contributed by atoms with Gasteiger partial charge in [-0.15, -0.1) is 12.4 Å². The van der Waals surface area contributed by atoms with E-state index in [0.29, 0.717) is 13.1 Å². The van der Waals surface area contributed by atoms with Gasteiger partial charge in [-0.2, -0.15) is 0 Å². The lowest BCUT2D eigenvalue weighted by atomic mass is 10.2. The number of sulfonamides is 1. The summed E-state index contributed by atoms with van der Waals surface area (Å²) in [4.78, 5) is 9.50. The molecule has 0 spiro atoms. The molecular formula is C11H17ClFN3O4S. The first kappa shape index (κ1) is 19.7. The predicted octanol–water partition coefficient (Wildman–Crippen LogP) is 1.35. The second-order valence-corrected chi connectivity index (χ2v) is 5.82. The van der Waals surface area contributed by atoms with Gasteiger partial charge in [-0.05, 0) is 19.5 Å². The van der Waals surface area contributed by atoms with Crippen LogP contribution in [0, 0.1) is 22.9 Å². The highest BCUT2D eigenvalue weighted by molar-refractivity contribution is 7.89. The number of hydrogen-bond acceptors (Lipinski definition) is 5. The molecular weight excluding hydrogens is 325 g/mol. The summed E-state index contributed by atoms with van der Waals surface area (Å²) in [5.74, 6) is -0.925. The molecule has 7 nitrogen and oxygen atoms in total. The third-order valence-corrected chi connectivity index (χ3v) is 4.08. The molecule has 0 fully saturated rings. The summed E-state index contributed by atoms with van der Waals surface area (Å²) < 4.78 is 39.6. The second kappa shape index (κ2) is 8.23. The maximum absolute atomic E-state index is 13.6. The molecule has 0 bridgehead atoms. The van der Waals surface area contributed by atoms with E-state index >= 15 is 0 Å². The van der Waals surface area contributed by atoms with Crippen LogP contribution < -0.4 is 10.0 Å². The Morgan fingerprint density at radius 3 is 2.48 bits per heavy atom. The Bertz CT molecular complexity index is 610. The number of halogens is 2. The monoisotopic (exact) mass is 341 g/mol. The van der Waals surface area contributed by atoms with E-state index in [0.717, 1.165) is 12.1 Å². The van der Waals surface area contributed by atoms with E-state index in [9.17, 15) is 22.9 Å². The smallest absolute Gasteiger partial charge is 0.276 e. The molecule has 10 heteroatoms. The lowest BCUT2D eigenvalue weighted by Gasteiger charge is -2.08. The van der Waals surface area contributed by atoms with Gasteiger partial charge in [0.05, 0.1) is 15.4 Å². The van der Waals surface area contributed by atoms with Crippen molar-refractivity contribution in [2.24, 2.45) is 0 Å². The van der Waals surface area contributed by atoms with Crippen LogP contribution in [0.15, 0.2) is 17.0 Å². The maximum Gasteiger partial charge on any atom is 0.276 e. The number of nitrogens with zero attached hydrogens (tertiary/aromatic N) is 1. The van der Waals surface area contributed by atoms with Crippen LogP contribution in [0.25, 0.3) is 0 Å². The maximum atomic E-state index is 13.6. The third-order valence-electron chi connectivity index (χ3n) is 2.64. The molecule has 21 heavy (non-hydrogen) atoms. The van der Waals surface area contributed by atoms with Gasteiger partial charge in [0, 0.05) is 19.2 Å². The van der Waals surface area contributed by atoms with Crippen LogP contribution in [0.1, 0.15) is 12.5 Å². The predicted molar refractivity (Wildman–Crippen MR) is 78.8 cm³/mol. The molecule has 0 unspecified atom stereocenters. The SMILES string of the molecule is CCNCCNS(=O)(=O)c1cc(F)c(C)c([N+](=O)[O-])c1.Cl. The molecule has 1 aromatic carbocycles. The highest BCUT2D eigenvalue weighted by atomic mass is 35.5. The molecule has 0 aliphatic heterocycles. The van der Waals surface area contributed by atoms with Crippen LogP contribution in [-0.2, 0) is 10.0 Å². The first-order chi connectivity index (χ1) is 9.29. The van der Waals surface area contributed by atoms with Gasteiger partial charge < -0.3 is 5.32 Å². The standard InChI is InChI=1S/C11H16FN3O4S.ClH/c1-3-13-4-5-14-20(18,19)9-6-10(12)8(2)11(7-9)15(16)17;/h6-7,13-14H,3-5H2,1-2H3;1H. The summed E-state index contributed by atoms with van der Waals surface area (Å²) in [5.41, 5.74) is -0.751. The van der Waals surface area contributed by atoms with Gasteiger partial charge in [-0.3, -0.25) is 10.1 Å². The van der Waals surface area contributed by atoms with Crippen molar-refractivity contribution in [1.82, 2.24) is 10.0 Å². The van der Waals surface area contributed by atoms with Crippen molar-refractivity contribution < 1.29 is 17.7 Å². The molecule has 1 aromatic rings. The lowest BCUT2D eigenvalue weighted by molar-refractivity contribution is -0.385. The van der Waals surface area contributed by atoms with Crippen molar-refractivity contribution in [1.29, 1.82) is 0 Å². The van der Waals surface area contributed by atoms with Crippen LogP contribution in [0.4, 0.5) is 10.1 Å². The van der Waals surface area contributed by atoms with E-state index in [2.05, 4.69) is 10.0 Å². The van der Waals surface area contributed by atoms with Gasteiger partial charge in [-0.1, -0.05) is 6.92 Å². The number of rotatable bonds is 7. The van der Waals surface area contributed by atoms with E-state index in [-0.39, 0.29) is 24.5 Å². The number of nitro benzene ring substituents is 1. The number of nitrogens with one attached hydrogen (secondary N) is 2. The fraction of sp³-hybridized carbons (Fsp3) is 0.455. The molecule has 0 radical (unpaired) electrons. The lowest BCUT2D eigenvalue weighted by Crippen LogP contribution is -2.31. The fourth-order valence-electron chi connectivity index (χ4n) is 1.52. The van der Waals surface area contributed by atoms with Crippen molar-refractivity contribution in [2.75, 3.05) is 19.6 Å². The normalized spacial score (nSPS) is 11.0. The first-order valence-corrected chi connectivity index (χ1v) is 7.42. The summed E-state index contributed by atoms with van der Waals surface area (Å²) in [6, 6.07) is 1.63. The number of hydrogen-bond donors (Lipinski definition) is 2. The van der Waals surface area contributed by atoms with Crippen molar-refractivity contribution in [3.8, 4) is 0 Å². The van der Waals surface area contributed by atoms with Gasteiger partial charge in [-0.25, -0.2) is 17.5 Å². The molecule has 0 saturated heterocycles. The summed E-state index contributed by atoms with van der Waals surface area (Å²) in [6.45, 7) is 4.30. The molecule has 0 aliphatic rings. The average Bonchev–Trinajstić information content (AvgIpc) is 2.37. The van der Waals surface area contributed by atoms with Crippen molar-refractivity contribution in [3.05, 3.63) is 33.6 Å².